The van der Waals surface area contributed by atoms with E-state index in [1.807, 2.05) is 0 Å². The van der Waals surface area contributed by atoms with E-state index >= 15 is 0 Å². The number of rotatable bonds is 5. The van der Waals surface area contributed by atoms with Crippen molar-refractivity contribution in [3.8, 4) is 0 Å². The number of hydrogen-bond donors (Lipinski definition) is 1. The first-order chi connectivity index (χ1) is 9.09. The second-order valence-electron chi connectivity index (χ2n) is 6.58. The van der Waals surface area contributed by atoms with E-state index in [0.717, 1.165) is 25.0 Å². The Morgan fingerprint density at radius 2 is 1.89 bits per heavy atom. The summed E-state index contributed by atoms with van der Waals surface area (Å²) in [7, 11) is 0. The van der Waals surface area contributed by atoms with Crippen molar-refractivity contribution in [3.05, 3.63) is 23.0 Å². The van der Waals surface area contributed by atoms with Gasteiger partial charge in [0.1, 0.15) is 0 Å². The lowest BCUT2D eigenvalue weighted by Gasteiger charge is -2.26. The molecule has 1 aliphatic rings. The average Bonchev–Trinajstić information content (AvgIpc) is 2.65. The lowest BCUT2D eigenvalue weighted by atomic mass is 9.95. The van der Waals surface area contributed by atoms with Crippen molar-refractivity contribution >= 4 is 0 Å². The molecule has 0 radical (unpaired) electrons. The molecule has 0 aromatic carbocycles. The van der Waals surface area contributed by atoms with Crippen LogP contribution in [0.1, 0.15) is 68.9 Å². The fraction of sp³-hybridized carbons (Fsp3) is 0.765. The molecule has 1 fully saturated rings. The lowest BCUT2D eigenvalue weighted by Crippen LogP contribution is -2.20. The molecule has 0 aliphatic heterocycles. The molecule has 1 N–H and O–H groups in total. The van der Waals surface area contributed by atoms with Crippen LogP contribution in [0.15, 0.2) is 6.07 Å². The zero-order valence-electron chi connectivity index (χ0n) is 13.1. The zero-order valence-corrected chi connectivity index (χ0v) is 13.1. The Labute approximate surface area is 118 Å². The Balaban J connectivity index is 2.05. The van der Waals surface area contributed by atoms with Crippen molar-refractivity contribution in [2.45, 2.75) is 72.4 Å². The van der Waals surface area contributed by atoms with Crippen LogP contribution in [0.4, 0.5) is 0 Å². The van der Waals surface area contributed by atoms with Gasteiger partial charge < -0.3 is 9.88 Å². The molecule has 1 aromatic rings. The highest BCUT2D eigenvalue weighted by Gasteiger charge is 2.19. The summed E-state index contributed by atoms with van der Waals surface area (Å²) in [5, 5.41) is 3.57. The van der Waals surface area contributed by atoms with Crippen molar-refractivity contribution in [2.75, 3.05) is 6.54 Å². The molecule has 1 aromatic heterocycles. The van der Waals surface area contributed by atoms with Crippen LogP contribution >= 0.6 is 0 Å². The Hall–Kier alpha value is -0.760. The van der Waals surface area contributed by atoms with E-state index in [0.29, 0.717) is 0 Å². The predicted octanol–water partition coefficient (Wildman–Crippen LogP) is 4.36. The third-order valence-electron chi connectivity index (χ3n) is 4.40. The highest BCUT2D eigenvalue weighted by Crippen LogP contribution is 2.32. The normalized spacial score (nSPS) is 17.3. The molecule has 0 bridgehead atoms. The molecule has 108 valence electrons. The van der Waals surface area contributed by atoms with Crippen LogP contribution in [0.3, 0.4) is 0 Å². The molecule has 2 nitrogen and oxygen atoms in total. The minimum absolute atomic E-state index is 0.724. The summed E-state index contributed by atoms with van der Waals surface area (Å²) in [6.07, 6.45) is 6.98. The van der Waals surface area contributed by atoms with Crippen molar-refractivity contribution < 1.29 is 0 Å². The first-order valence-corrected chi connectivity index (χ1v) is 7.97. The summed E-state index contributed by atoms with van der Waals surface area (Å²) in [5.74, 6) is 0.724. The third kappa shape index (κ3) is 3.62. The highest BCUT2D eigenvalue weighted by molar-refractivity contribution is 5.27. The Morgan fingerprint density at radius 3 is 2.53 bits per heavy atom. The van der Waals surface area contributed by atoms with Gasteiger partial charge in [-0.1, -0.05) is 33.1 Å². The standard InChI is InChI=1S/C17H30N2/c1-13(2)11-18-12-16-10-14(3)19(15(16)4)17-8-6-5-7-9-17/h10,13,17-18H,5-9,11-12H2,1-4H3. The first kappa shape index (κ1) is 14.6. The van der Waals surface area contributed by atoms with E-state index in [4.69, 9.17) is 0 Å². The van der Waals surface area contributed by atoms with Crippen LogP contribution in [0.2, 0.25) is 0 Å². The van der Waals surface area contributed by atoms with Crippen molar-refractivity contribution in [1.29, 1.82) is 0 Å². The Morgan fingerprint density at radius 1 is 1.21 bits per heavy atom. The van der Waals surface area contributed by atoms with Gasteiger partial charge in [-0.15, -0.1) is 0 Å². The monoisotopic (exact) mass is 262 g/mol. The van der Waals surface area contributed by atoms with Gasteiger partial charge in [-0.2, -0.15) is 0 Å². The molecule has 0 unspecified atom stereocenters. The van der Waals surface area contributed by atoms with Crippen LogP contribution in [0, 0.1) is 19.8 Å². The molecular weight excluding hydrogens is 232 g/mol. The van der Waals surface area contributed by atoms with E-state index < -0.39 is 0 Å². The summed E-state index contributed by atoms with van der Waals surface area (Å²) in [6.45, 7) is 11.2. The van der Waals surface area contributed by atoms with Gasteiger partial charge in [0.05, 0.1) is 0 Å². The largest absolute Gasteiger partial charge is 0.346 e. The zero-order chi connectivity index (χ0) is 13.8. The van der Waals surface area contributed by atoms with Gasteiger partial charge in [-0.05, 0) is 50.8 Å². The molecule has 19 heavy (non-hydrogen) atoms. The summed E-state index contributed by atoms with van der Waals surface area (Å²) < 4.78 is 2.60. The maximum Gasteiger partial charge on any atom is 0.0335 e. The van der Waals surface area contributed by atoms with Gasteiger partial charge in [-0.3, -0.25) is 0 Å². The Kier molecular flexibility index (Phi) is 5.09. The summed E-state index contributed by atoms with van der Waals surface area (Å²) in [4.78, 5) is 0. The molecular formula is C17H30N2. The average molecular weight is 262 g/mol. The van der Waals surface area contributed by atoms with Gasteiger partial charge in [-0.25, -0.2) is 0 Å². The van der Waals surface area contributed by atoms with Crippen LogP contribution in [0.25, 0.3) is 0 Å². The first-order valence-electron chi connectivity index (χ1n) is 7.97. The number of nitrogens with zero attached hydrogens (tertiary/aromatic N) is 1. The second kappa shape index (κ2) is 6.60. The minimum Gasteiger partial charge on any atom is -0.346 e. The minimum atomic E-state index is 0.724. The van der Waals surface area contributed by atoms with Crippen LogP contribution in [-0.4, -0.2) is 11.1 Å². The molecule has 1 saturated carbocycles. The number of aromatic nitrogens is 1. The number of aryl methyl sites for hydroxylation is 1. The summed E-state index contributed by atoms with van der Waals surface area (Å²) in [6, 6.07) is 3.14. The van der Waals surface area contributed by atoms with Gasteiger partial charge >= 0.3 is 0 Å². The quantitative estimate of drug-likeness (QED) is 0.834. The van der Waals surface area contributed by atoms with E-state index in [1.54, 1.807) is 0 Å². The SMILES string of the molecule is Cc1cc(CNCC(C)C)c(C)n1C1CCCCC1. The third-order valence-corrected chi connectivity index (χ3v) is 4.40. The predicted molar refractivity (Wildman–Crippen MR) is 82.6 cm³/mol. The van der Waals surface area contributed by atoms with E-state index in [9.17, 15) is 0 Å². The maximum atomic E-state index is 3.57. The molecule has 1 heterocycles. The fourth-order valence-electron chi connectivity index (χ4n) is 3.42. The van der Waals surface area contributed by atoms with Crippen molar-refractivity contribution in [3.63, 3.8) is 0 Å². The summed E-state index contributed by atoms with van der Waals surface area (Å²) in [5.41, 5.74) is 4.43. The van der Waals surface area contributed by atoms with Gasteiger partial charge in [0.2, 0.25) is 0 Å². The lowest BCUT2D eigenvalue weighted by molar-refractivity contribution is 0.345. The highest BCUT2D eigenvalue weighted by atomic mass is 15.0. The van der Waals surface area contributed by atoms with Crippen molar-refractivity contribution in [2.24, 2.45) is 5.92 Å². The topological polar surface area (TPSA) is 17.0 Å². The maximum absolute atomic E-state index is 3.57. The number of hydrogen-bond acceptors (Lipinski definition) is 1. The van der Waals surface area contributed by atoms with E-state index in [1.165, 1.54) is 49.1 Å². The van der Waals surface area contributed by atoms with Crippen LogP contribution in [0.5, 0.6) is 0 Å². The van der Waals surface area contributed by atoms with Crippen LogP contribution < -0.4 is 5.32 Å². The fourth-order valence-corrected chi connectivity index (χ4v) is 3.42. The molecule has 0 saturated heterocycles. The molecule has 0 amide bonds. The Bertz CT molecular complexity index is 398. The molecule has 1 aliphatic carbocycles. The molecule has 2 heteroatoms. The smallest absolute Gasteiger partial charge is 0.0335 e. The van der Waals surface area contributed by atoms with E-state index in [-0.39, 0.29) is 0 Å². The molecule has 0 atom stereocenters. The molecule has 0 spiro atoms. The van der Waals surface area contributed by atoms with Crippen molar-refractivity contribution in [1.82, 2.24) is 9.88 Å². The summed E-state index contributed by atoms with van der Waals surface area (Å²) >= 11 is 0. The van der Waals surface area contributed by atoms with Gasteiger partial charge in [0.15, 0.2) is 0 Å². The molecule has 2 rings (SSSR count). The van der Waals surface area contributed by atoms with Crippen LogP contribution in [-0.2, 0) is 6.54 Å². The van der Waals surface area contributed by atoms with Gasteiger partial charge in [0.25, 0.3) is 0 Å². The van der Waals surface area contributed by atoms with Gasteiger partial charge in [0, 0.05) is 24.0 Å². The second-order valence-corrected chi connectivity index (χ2v) is 6.58. The number of nitrogens with one attached hydrogen (secondary N) is 1. The van der Waals surface area contributed by atoms with E-state index in [2.05, 4.69) is 43.6 Å².